The van der Waals surface area contributed by atoms with E-state index in [1.165, 1.54) is 11.1 Å². The maximum atomic E-state index is 6.21. The first-order valence-corrected chi connectivity index (χ1v) is 11.9. The predicted octanol–water partition coefficient (Wildman–Crippen LogP) is 2.70. The van der Waals surface area contributed by atoms with Crippen LogP contribution in [0.1, 0.15) is 11.1 Å². The molecule has 5 rings (SSSR count). The van der Waals surface area contributed by atoms with E-state index in [-0.39, 0.29) is 0 Å². The van der Waals surface area contributed by atoms with E-state index in [1.54, 1.807) is 0 Å². The van der Waals surface area contributed by atoms with Crippen LogP contribution in [0.15, 0.2) is 66.7 Å². The molecule has 2 N–H and O–H groups in total. The lowest BCUT2D eigenvalue weighted by atomic mass is 10.2. The average Bonchev–Trinajstić information content (AvgIpc) is 2.86. The standard InChI is InChI=1S/C26H33N7/c27-24-19-25(32-15-11-30(12-16-32)20-22-7-3-1-4-8-22)29-26(28-24)33-17-13-31(14-18-33)21-23-9-5-2-6-10-23/h1-10,19H,11-18,20-21H2,(H2,27,28,29). The average molecular weight is 444 g/mol. The molecule has 7 heteroatoms. The summed E-state index contributed by atoms with van der Waals surface area (Å²) >= 11 is 0. The van der Waals surface area contributed by atoms with Crippen molar-refractivity contribution in [1.82, 2.24) is 19.8 Å². The third kappa shape index (κ3) is 5.61. The van der Waals surface area contributed by atoms with E-state index >= 15 is 0 Å². The van der Waals surface area contributed by atoms with Crippen LogP contribution < -0.4 is 15.5 Å². The van der Waals surface area contributed by atoms with Gasteiger partial charge >= 0.3 is 0 Å². The van der Waals surface area contributed by atoms with Gasteiger partial charge in [0.1, 0.15) is 11.6 Å². The number of hydrogen-bond donors (Lipinski definition) is 1. The normalized spacial score (nSPS) is 17.9. The highest BCUT2D eigenvalue weighted by Crippen LogP contribution is 2.22. The second-order valence-corrected chi connectivity index (χ2v) is 8.95. The molecule has 2 aliphatic rings. The van der Waals surface area contributed by atoms with Gasteiger partial charge in [-0.05, 0) is 11.1 Å². The summed E-state index contributed by atoms with van der Waals surface area (Å²) in [4.78, 5) is 19.1. The Kier molecular flexibility index (Phi) is 6.69. The SMILES string of the molecule is Nc1cc(N2CCN(Cc3ccccc3)CC2)nc(N2CCN(Cc3ccccc3)CC2)n1. The molecule has 0 aliphatic carbocycles. The molecule has 0 unspecified atom stereocenters. The Hall–Kier alpha value is -3.16. The van der Waals surface area contributed by atoms with Crippen LogP contribution >= 0.6 is 0 Å². The maximum Gasteiger partial charge on any atom is 0.229 e. The molecule has 0 atom stereocenters. The molecule has 0 saturated carbocycles. The Morgan fingerprint density at radius 1 is 0.606 bits per heavy atom. The molecule has 0 radical (unpaired) electrons. The highest BCUT2D eigenvalue weighted by molar-refractivity contribution is 5.53. The molecule has 7 nitrogen and oxygen atoms in total. The van der Waals surface area contributed by atoms with E-state index in [2.05, 4.69) is 85.2 Å². The molecule has 2 aromatic carbocycles. The molecule has 0 amide bonds. The van der Waals surface area contributed by atoms with Crippen molar-refractivity contribution >= 4 is 17.6 Å². The van der Waals surface area contributed by atoms with E-state index < -0.39 is 0 Å². The van der Waals surface area contributed by atoms with Gasteiger partial charge in [0.15, 0.2) is 0 Å². The fourth-order valence-electron chi connectivity index (χ4n) is 4.67. The molecule has 3 aromatic rings. The van der Waals surface area contributed by atoms with Crippen molar-refractivity contribution in [3.05, 3.63) is 77.9 Å². The summed E-state index contributed by atoms with van der Waals surface area (Å²) in [5, 5.41) is 0. The first-order chi connectivity index (χ1) is 16.2. The third-order valence-electron chi connectivity index (χ3n) is 6.57. The number of hydrogen-bond acceptors (Lipinski definition) is 7. The van der Waals surface area contributed by atoms with Crippen LogP contribution in [0.2, 0.25) is 0 Å². The van der Waals surface area contributed by atoms with E-state index in [1.807, 2.05) is 6.07 Å². The minimum absolute atomic E-state index is 0.549. The minimum Gasteiger partial charge on any atom is -0.383 e. The molecule has 172 valence electrons. The van der Waals surface area contributed by atoms with Gasteiger partial charge < -0.3 is 15.5 Å². The second kappa shape index (κ2) is 10.2. The lowest BCUT2D eigenvalue weighted by Gasteiger charge is -2.37. The first kappa shape index (κ1) is 21.7. The Balaban J connectivity index is 1.17. The molecule has 3 heterocycles. The topological polar surface area (TPSA) is 64.8 Å². The Morgan fingerprint density at radius 3 is 1.61 bits per heavy atom. The Morgan fingerprint density at radius 2 is 1.09 bits per heavy atom. The van der Waals surface area contributed by atoms with Gasteiger partial charge in [0.25, 0.3) is 0 Å². The number of benzene rings is 2. The van der Waals surface area contributed by atoms with Gasteiger partial charge in [-0.1, -0.05) is 60.7 Å². The lowest BCUT2D eigenvalue weighted by Crippen LogP contribution is -2.47. The van der Waals surface area contributed by atoms with Crippen LogP contribution in [0.4, 0.5) is 17.6 Å². The van der Waals surface area contributed by atoms with Crippen molar-refractivity contribution in [1.29, 1.82) is 0 Å². The number of nitrogens with zero attached hydrogens (tertiary/aromatic N) is 6. The molecule has 0 bridgehead atoms. The number of nitrogen functional groups attached to an aromatic ring is 1. The summed E-state index contributed by atoms with van der Waals surface area (Å²) < 4.78 is 0. The number of anilines is 3. The molecular formula is C26H33N7. The van der Waals surface area contributed by atoms with Crippen LogP contribution in [0.5, 0.6) is 0 Å². The van der Waals surface area contributed by atoms with Crippen molar-refractivity contribution in [2.24, 2.45) is 0 Å². The maximum absolute atomic E-state index is 6.21. The fraction of sp³-hybridized carbons (Fsp3) is 0.385. The van der Waals surface area contributed by atoms with Crippen molar-refractivity contribution in [3.8, 4) is 0 Å². The van der Waals surface area contributed by atoms with Crippen LogP contribution in [0, 0.1) is 0 Å². The molecular weight excluding hydrogens is 410 g/mol. The molecule has 0 spiro atoms. The summed E-state index contributed by atoms with van der Waals surface area (Å²) in [6.07, 6.45) is 0. The zero-order valence-electron chi connectivity index (χ0n) is 19.2. The third-order valence-corrected chi connectivity index (χ3v) is 6.57. The molecule has 2 saturated heterocycles. The van der Waals surface area contributed by atoms with Crippen LogP contribution in [-0.2, 0) is 13.1 Å². The Labute approximate surface area is 196 Å². The van der Waals surface area contributed by atoms with E-state index in [0.29, 0.717) is 5.82 Å². The van der Waals surface area contributed by atoms with Crippen molar-refractivity contribution < 1.29 is 0 Å². The monoisotopic (exact) mass is 443 g/mol. The van der Waals surface area contributed by atoms with Gasteiger partial charge in [-0.2, -0.15) is 9.97 Å². The number of rotatable bonds is 6. The van der Waals surface area contributed by atoms with E-state index in [4.69, 9.17) is 10.7 Å². The predicted molar refractivity (Wildman–Crippen MR) is 134 cm³/mol. The zero-order chi connectivity index (χ0) is 22.5. The van der Waals surface area contributed by atoms with Crippen LogP contribution in [0.3, 0.4) is 0 Å². The minimum atomic E-state index is 0.549. The summed E-state index contributed by atoms with van der Waals surface area (Å²) in [6.45, 7) is 9.77. The molecule has 1 aromatic heterocycles. The number of nitrogens with two attached hydrogens (primary N) is 1. The number of aromatic nitrogens is 2. The van der Waals surface area contributed by atoms with E-state index in [0.717, 1.165) is 77.2 Å². The van der Waals surface area contributed by atoms with Crippen molar-refractivity contribution in [3.63, 3.8) is 0 Å². The van der Waals surface area contributed by atoms with Crippen molar-refractivity contribution in [2.75, 3.05) is 67.9 Å². The lowest BCUT2D eigenvalue weighted by molar-refractivity contribution is 0.247. The van der Waals surface area contributed by atoms with Gasteiger partial charge in [-0.15, -0.1) is 0 Å². The molecule has 2 fully saturated rings. The van der Waals surface area contributed by atoms with E-state index in [9.17, 15) is 0 Å². The number of piperazine rings is 2. The quantitative estimate of drug-likeness (QED) is 0.628. The zero-order valence-corrected chi connectivity index (χ0v) is 19.2. The van der Waals surface area contributed by atoms with Gasteiger partial charge in [0.05, 0.1) is 0 Å². The van der Waals surface area contributed by atoms with Crippen LogP contribution in [-0.4, -0.2) is 72.1 Å². The van der Waals surface area contributed by atoms with Gasteiger partial charge in [0.2, 0.25) is 5.95 Å². The smallest absolute Gasteiger partial charge is 0.229 e. The summed E-state index contributed by atoms with van der Waals surface area (Å²) in [5.74, 6) is 2.26. The summed E-state index contributed by atoms with van der Waals surface area (Å²) in [5.41, 5.74) is 8.93. The van der Waals surface area contributed by atoms with Gasteiger partial charge in [0, 0.05) is 71.5 Å². The molecule has 2 aliphatic heterocycles. The highest BCUT2D eigenvalue weighted by atomic mass is 15.4. The second-order valence-electron chi connectivity index (χ2n) is 8.95. The van der Waals surface area contributed by atoms with Gasteiger partial charge in [-0.3, -0.25) is 9.80 Å². The van der Waals surface area contributed by atoms with Crippen molar-refractivity contribution in [2.45, 2.75) is 13.1 Å². The Bertz CT molecular complexity index is 932. The summed E-state index contributed by atoms with van der Waals surface area (Å²) in [7, 11) is 0. The fourth-order valence-corrected chi connectivity index (χ4v) is 4.67. The summed E-state index contributed by atoms with van der Waals surface area (Å²) in [6, 6.07) is 23.3. The molecule has 33 heavy (non-hydrogen) atoms. The first-order valence-electron chi connectivity index (χ1n) is 11.9. The van der Waals surface area contributed by atoms with Crippen LogP contribution in [0.25, 0.3) is 0 Å². The van der Waals surface area contributed by atoms with Gasteiger partial charge in [-0.25, -0.2) is 0 Å². The highest BCUT2D eigenvalue weighted by Gasteiger charge is 2.23. The largest absolute Gasteiger partial charge is 0.383 e.